The van der Waals surface area contributed by atoms with Crippen LogP contribution in [0.2, 0.25) is 0 Å². The van der Waals surface area contributed by atoms with Crippen molar-refractivity contribution < 1.29 is 14.3 Å². The highest BCUT2D eigenvalue weighted by Gasteiger charge is 2.19. The summed E-state index contributed by atoms with van der Waals surface area (Å²) in [6.07, 6.45) is 1.50. The van der Waals surface area contributed by atoms with Crippen LogP contribution in [0.3, 0.4) is 0 Å². The molecule has 166 valence electrons. The van der Waals surface area contributed by atoms with Gasteiger partial charge in [0.05, 0.1) is 24.1 Å². The zero-order chi connectivity index (χ0) is 23.1. The Balaban J connectivity index is 0.00000166. The number of carbonyl (C=O) groups excluding carboxylic acids is 1. The predicted octanol–water partition coefficient (Wildman–Crippen LogP) is 2.46. The molecule has 0 radical (unpaired) electrons. The van der Waals surface area contributed by atoms with Gasteiger partial charge in [0.25, 0.3) is 17.0 Å². The Labute approximate surface area is 179 Å². The molecule has 31 heavy (non-hydrogen) atoms. The minimum absolute atomic E-state index is 0.00334. The average Bonchev–Trinajstić information content (AvgIpc) is 3.27. The van der Waals surface area contributed by atoms with Crippen molar-refractivity contribution in [2.75, 3.05) is 24.7 Å². The summed E-state index contributed by atoms with van der Waals surface area (Å²) >= 11 is 0. The molecule has 0 atom stereocenters. The number of aromatic nitrogens is 2. The van der Waals surface area contributed by atoms with E-state index in [9.17, 15) is 19.5 Å². The van der Waals surface area contributed by atoms with Crippen molar-refractivity contribution in [3.63, 3.8) is 0 Å². The normalized spacial score (nSPS) is 10.1. The molecule has 2 aromatic heterocycles. The number of para-hydroxylation sites is 1. The van der Waals surface area contributed by atoms with Crippen LogP contribution in [0.15, 0.2) is 50.6 Å². The second kappa shape index (κ2) is 10.2. The highest BCUT2D eigenvalue weighted by Crippen LogP contribution is 2.31. The zero-order valence-electron chi connectivity index (χ0n) is 18.1. The van der Waals surface area contributed by atoms with Crippen LogP contribution in [0.4, 0.5) is 17.1 Å². The number of nitrogens with one attached hydrogen (secondary N) is 3. The molecule has 0 aliphatic heterocycles. The number of aromatic hydroxyl groups is 1. The lowest BCUT2D eigenvalue weighted by atomic mass is 10.1. The van der Waals surface area contributed by atoms with Gasteiger partial charge in [-0.05, 0) is 24.3 Å². The van der Waals surface area contributed by atoms with E-state index in [1.54, 1.807) is 32.3 Å². The summed E-state index contributed by atoms with van der Waals surface area (Å²) in [4.78, 5) is 38.6. The van der Waals surface area contributed by atoms with Crippen LogP contribution >= 0.6 is 0 Å². The van der Waals surface area contributed by atoms with Crippen LogP contribution in [-0.4, -0.2) is 39.8 Å². The number of anilines is 3. The number of aryl methyl sites for hydroxylation is 1. The molecule has 0 saturated heterocycles. The molecule has 10 heteroatoms. The van der Waals surface area contributed by atoms with E-state index in [1.165, 1.54) is 30.3 Å². The molecule has 1 aromatic carbocycles. The summed E-state index contributed by atoms with van der Waals surface area (Å²) in [5.41, 5.74) is -1.000. The fourth-order valence-corrected chi connectivity index (χ4v) is 2.71. The lowest BCUT2D eigenvalue weighted by Gasteiger charge is -2.16. The fourth-order valence-electron chi connectivity index (χ4n) is 2.71. The zero-order valence-corrected chi connectivity index (χ0v) is 18.1. The second-order valence-electron chi connectivity index (χ2n) is 6.51. The van der Waals surface area contributed by atoms with E-state index in [4.69, 9.17) is 4.42 Å². The minimum atomic E-state index is -0.585. The maximum atomic E-state index is 12.6. The molecular weight excluding hydrogens is 402 g/mol. The largest absolute Gasteiger partial charge is 0.505 e. The molecule has 10 nitrogen and oxygen atoms in total. The Morgan fingerprint density at radius 1 is 1.16 bits per heavy atom. The Morgan fingerprint density at radius 2 is 1.87 bits per heavy atom. The molecule has 0 aliphatic rings. The van der Waals surface area contributed by atoms with Crippen molar-refractivity contribution in [3.8, 4) is 5.75 Å². The SMILES string of the molecule is CC.CN(C)C(=O)c1cccc(Nc2c(NCc3ccco3)c(=O)n(C)[nH]c2=O)c1O. The van der Waals surface area contributed by atoms with Gasteiger partial charge in [0.1, 0.15) is 17.1 Å². The number of H-pyrrole nitrogens is 1. The first-order valence-electron chi connectivity index (χ1n) is 9.69. The Hall–Kier alpha value is -3.95. The van der Waals surface area contributed by atoms with Crippen molar-refractivity contribution in [1.82, 2.24) is 14.7 Å². The number of rotatable bonds is 6. The number of furan rings is 1. The molecule has 2 heterocycles. The van der Waals surface area contributed by atoms with Gasteiger partial charge in [0.15, 0.2) is 5.75 Å². The monoisotopic (exact) mass is 429 g/mol. The summed E-state index contributed by atoms with van der Waals surface area (Å²) < 4.78 is 6.28. The van der Waals surface area contributed by atoms with E-state index < -0.39 is 17.0 Å². The standard InChI is InChI=1S/C19H21N5O5.C2H6/c1-23(2)18(27)12-7-4-8-13(16(12)25)21-14-15(19(28)24(3)22-17(14)26)20-10-11-6-5-9-29-11;1-2/h4-9,20-21,25H,10H2,1-3H3,(H,22,26);1-2H3. The third-order valence-corrected chi connectivity index (χ3v) is 4.22. The third-order valence-electron chi connectivity index (χ3n) is 4.22. The van der Waals surface area contributed by atoms with Crippen LogP contribution in [0.5, 0.6) is 5.75 Å². The number of carbonyl (C=O) groups is 1. The molecule has 0 spiro atoms. The number of phenolic OH excluding ortho intramolecular Hbond substituents is 1. The number of nitrogens with zero attached hydrogens (tertiary/aromatic N) is 2. The number of hydrogen-bond acceptors (Lipinski definition) is 7. The lowest BCUT2D eigenvalue weighted by Crippen LogP contribution is -2.31. The number of hydrogen-bond donors (Lipinski definition) is 4. The molecule has 0 bridgehead atoms. The van der Waals surface area contributed by atoms with Gasteiger partial charge in [0.2, 0.25) is 0 Å². The summed E-state index contributed by atoms with van der Waals surface area (Å²) in [5.74, 6) is -0.164. The van der Waals surface area contributed by atoms with Crippen molar-refractivity contribution in [2.24, 2.45) is 7.05 Å². The molecule has 0 aliphatic carbocycles. The van der Waals surface area contributed by atoms with Crippen LogP contribution in [0, 0.1) is 0 Å². The summed E-state index contributed by atoms with van der Waals surface area (Å²) in [6, 6.07) is 7.95. The predicted molar refractivity (Wildman–Crippen MR) is 119 cm³/mol. The topological polar surface area (TPSA) is 133 Å². The smallest absolute Gasteiger partial charge is 0.290 e. The molecule has 3 rings (SSSR count). The fraction of sp³-hybridized carbons (Fsp3) is 0.286. The van der Waals surface area contributed by atoms with E-state index >= 15 is 0 Å². The quantitative estimate of drug-likeness (QED) is 0.442. The van der Waals surface area contributed by atoms with Crippen molar-refractivity contribution in [1.29, 1.82) is 0 Å². The van der Waals surface area contributed by atoms with E-state index in [0.29, 0.717) is 5.76 Å². The number of phenols is 1. The number of benzene rings is 1. The van der Waals surface area contributed by atoms with Gasteiger partial charge in [0, 0.05) is 21.1 Å². The van der Waals surface area contributed by atoms with E-state index in [-0.39, 0.29) is 34.9 Å². The first kappa shape index (κ1) is 23.3. The van der Waals surface area contributed by atoms with Crippen molar-refractivity contribution >= 4 is 23.0 Å². The van der Waals surface area contributed by atoms with Gasteiger partial charge in [-0.3, -0.25) is 24.2 Å². The Morgan fingerprint density at radius 3 is 2.48 bits per heavy atom. The average molecular weight is 429 g/mol. The van der Waals surface area contributed by atoms with Crippen molar-refractivity contribution in [3.05, 3.63) is 68.6 Å². The van der Waals surface area contributed by atoms with Crippen molar-refractivity contribution in [2.45, 2.75) is 20.4 Å². The molecular formula is C21H27N5O5. The lowest BCUT2D eigenvalue weighted by molar-refractivity contribution is 0.0824. The highest BCUT2D eigenvalue weighted by atomic mass is 16.3. The highest BCUT2D eigenvalue weighted by molar-refractivity contribution is 5.98. The molecule has 4 N–H and O–H groups in total. The van der Waals surface area contributed by atoms with Crippen LogP contribution in [0.1, 0.15) is 30.0 Å². The molecule has 0 fully saturated rings. The van der Waals surface area contributed by atoms with E-state index in [0.717, 1.165) is 4.68 Å². The first-order chi connectivity index (χ1) is 14.8. The van der Waals surface area contributed by atoms with E-state index in [2.05, 4.69) is 15.7 Å². The third kappa shape index (κ3) is 5.16. The first-order valence-corrected chi connectivity index (χ1v) is 9.69. The van der Waals surface area contributed by atoms with E-state index in [1.807, 2.05) is 13.8 Å². The van der Waals surface area contributed by atoms with Gasteiger partial charge in [-0.2, -0.15) is 0 Å². The minimum Gasteiger partial charge on any atom is -0.505 e. The van der Waals surface area contributed by atoms with Gasteiger partial charge in [-0.25, -0.2) is 0 Å². The summed E-state index contributed by atoms with van der Waals surface area (Å²) in [6.45, 7) is 4.17. The number of aromatic amines is 1. The Bertz CT molecular complexity index is 1150. The summed E-state index contributed by atoms with van der Waals surface area (Å²) in [7, 11) is 4.54. The molecule has 0 saturated carbocycles. The van der Waals surface area contributed by atoms with Gasteiger partial charge in [-0.15, -0.1) is 0 Å². The second-order valence-corrected chi connectivity index (χ2v) is 6.51. The van der Waals surface area contributed by atoms with Gasteiger partial charge < -0.3 is 25.1 Å². The molecule has 1 amide bonds. The Kier molecular flexibility index (Phi) is 7.67. The molecule has 0 unspecified atom stereocenters. The van der Waals surface area contributed by atoms with Crippen LogP contribution < -0.4 is 21.8 Å². The van der Waals surface area contributed by atoms with Gasteiger partial charge >= 0.3 is 0 Å². The maximum Gasteiger partial charge on any atom is 0.290 e. The maximum absolute atomic E-state index is 12.6. The van der Waals surface area contributed by atoms with Crippen LogP contribution in [-0.2, 0) is 13.6 Å². The van der Waals surface area contributed by atoms with Crippen LogP contribution in [0.25, 0.3) is 0 Å². The molecule has 3 aromatic rings. The summed E-state index contributed by atoms with van der Waals surface area (Å²) in [5, 5.41) is 18.6. The number of amides is 1. The van der Waals surface area contributed by atoms with Gasteiger partial charge in [-0.1, -0.05) is 19.9 Å².